The van der Waals surface area contributed by atoms with Gasteiger partial charge in [-0.2, -0.15) is 4.39 Å². The molecular formula is C14H11FN2O3. The second-order valence-electron chi connectivity index (χ2n) is 4.09. The fourth-order valence-electron chi connectivity index (χ4n) is 1.59. The molecule has 102 valence electrons. The topological polar surface area (TPSA) is 79.3 Å². The molecule has 0 radical (unpaired) electrons. The molecule has 0 bridgehead atoms. The van der Waals surface area contributed by atoms with Gasteiger partial charge in [0.25, 0.3) is 5.91 Å². The summed E-state index contributed by atoms with van der Waals surface area (Å²) < 4.78 is 12.6. The van der Waals surface area contributed by atoms with E-state index < -0.39 is 17.8 Å². The molecule has 0 aliphatic rings. The fourth-order valence-corrected chi connectivity index (χ4v) is 1.59. The first-order valence-corrected chi connectivity index (χ1v) is 5.78. The minimum Gasteiger partial charge on any atom is -0.481 e. The van der Waals surface area contributed by atoms with Gasteiger partial charge in [0.15, 0.2) is 0 Å². The van der Waals surface area contributed by atoms with Crippen LogP contribution >= 0.6 is 0 Å². The van der Waals surface area contributed by atoms with E-state index in [1.807, 2.05) is 0 Å². The van der Waals surface area contributed by atoms with E-state index in [4.69, 9.17) is 5.11 Å². The SMILES string of the molecule is O=C(O)Cc1ccc(NC(=O)c2ccc(F)nc2)cc1. The number of pyridine rings is 1. The van der Waals surface area contributed by atoms with E-state index in [0.717, 1.165) is 12.3 Å². The first kappa shape index (κ1) is 13.7. The van der Waals surface area contributed by atoms with Gasteiger partial charge < -0.3 is 10.4 Å². The van der Waals surface area contributed by atoms with Crippen molar-refractivity contribution in [1.29, 1.82) is 0 Å². The quantitative estimate of drug-likeness (QED) is 0.837. The molecule has 2 N–H and O–H groups in total. The molecule has 20 heavy (non-hydrogen) atoms. The number of carbonyl (C=O) groups is 2. The zero-order valence-electron chi connectivity index (χ0n) is 10.3. The lowest BCUT2D eigenvalue weighted by Crippen LogP contribution is -2.12. The van der Waals surface area contributed by atoms with Gasteiger partial charge in [-0.15, -0.1) is 0 Å². The van der Waals surface area contributed by atoms with Gasteiger partial charge in [0.1, 0.15) is 0 Å². The highest BCUT2D eigenvalue weighted by Gasteiger charge is 2.07. The number of aliphatic carboxylic acids is 1. The Labute approximate surface area is 114 Å². The number of aromatic nitrogens is 1. The highest BCUT2D eigenvalue weighted by atomic mass is 19.1. The molecule has 2 aromatic rings. The number of carbonyl (C=O) groups excluding carboxylic acids is 1. The molecule has 0 fully saturated rings. The summed E-state index contributed by atoms with van der Waals surface area (Å²) in [7, 11) is 0. The van der Waals surface area contributed by atoms with Crippen LogP contribution in [0.25, 0.3) is 0 Å². The molecule has 2 rings (SSSR count). The predicted octanol–water partition coefficient (Wildman–Crippen LogP) is 2.10. The molecule has 0 aliphatic carbocycles. The number of carboxylic acid groups (broad SMARTS) is 1. The number of nitrogens with zero attached hydrogens (tertiary/aromatic N) is 1. The summed E-state index contributed by atoms with van der Waals surface area (Å²) in [6, 6.07) is 8.88. The van der Waals surface area contributed by atoms with Crippen molar-refractivity contribution in [2.45, 2.75) is 6.42 Å². The van der Waals surface area contributed by atoms with Crippen LogP contribution in [0.15, 0.2) is 42.6 Å². The summed E-state index contributed by atoms with van der Waals surface area (Å²) in [5.74, 6) is -1.98. The second kappa shape index (κ2) is 5.92. The van der Waals surface area contributed by atoms with Crippen molar-refractivity contribution >= 4 is 17.6 Å². The summed E-state index contributed by atoms with van der Waals surface area (Å²) in [6.45, 7) is 0. The lowest BCUT2D eigenvalue weighted by atomic mass is 10.1. The standard InChI is InChI=1S/C14H11FN2O3/c15-12-6-3-10(8-16-12)14(20)17-11-4-1-9(2-5-11)7-13(18)19/h1-6,8H,7H2,(H,17,20)(H,18,19). The molecule has 6 heteroatoms. The summed E-state index contributed by atoms with van der Waals surface area (Å²) in [6.07, 6.45) is 1.07. The number of hydrogen-bond donors (Lipinski definition) is 2. The van der Waals surface area contributed by atoms with E-state index in [0.29, 0.717) is 11.3 Å². The number of carboxylic acids is 1. The minimum atomic E-state index is -0.917. The summed E-state index contributed by atoms with van der Waals surface area (Å²) >= 11 is 0. The maximum atomic E-state index is 12.6. The Bertz CT molecular complexity index is 624. The molecule has 0 spiro atoms. The van der Waals surface area contributed by atoms with Gasteiger partial charge in [0, 0.05) is 11.9 Å². The van der Waals surface area contributed by atoms with Crippen molar-refractivity contribution in [1.82, 2.24) is 4.98 Å². The Kier molecular flexibility index (Phi) is 4.05. The largest absolute Gasteiger partial charge is 0.481 e. The molecule has 0 unspecified atom stereocenters. The van der Waals surface area contributed by atoms with Crippen LogP contribution in [-0.2, 0) is 11.2 Å². The number of rotatable bonds is 4. The number of anilines is 1. The van der Waals surface area contributed by atoms with Gasteiger partial charge in [-0.1, -0.05) is 12.1 Å². The van der Waals surface area contributed by atoms with Gasteiger partial charge in [0.2, 0.25) is 5.95 Å². The zero-order chi connectivity index (χ0) is 14.5. The van der Waals surface area contributed by atoms with Crippen molar-refractivity contribution in [3.05, 3.63) is 59.7 Å². The van der Waals surface area contributed by atoms with E-state index in [1.165, 1.54) is 6.07 Å². The Balaban J connectivity index is 2.04. The molecule has 0 aliphatic heterocycles. The molecule has 5 nitrogen and oxygen atoms in total. The van der Waals surface area contributed by atoms with Crippen molar-refractivity contribution in [2.75, 3.05) is 5.32 Å². The van der Waals surface area contributed by atoms with E-state index in [-0.39, 0.29) is 12.0 Å². The molecule has 1 aromatic carbocycles. The number of amides is 1. The van der Waals surface area contributed by atoms with Crippen LogP contribution in [0.4, 0.5) is 10.1 Å². The molecule has 0 saturated heterocycles. The van der Waals surface area contributed by atoms with Gasteiger partial charge in [-0.3, -0.25) is 9.59 Å². The lowest BCUT2D eigenvalue weighted by Gasteiger charge is -2.05. The maximum absolute atomic E-state index is 12.6. The molecular weight excluding hydrogens is 263 g/mol. The average Bonchev–Trinajstić information content (AvgIpc) is 2.41. The number of nitrogens with one attached hydrogen (secondary N) is 1. The van der Waals surface area contributed by atoms with Crippen LogP contribution in [0.1, 0.15) is 15.9 Å². The van der Waals surface area contributed by atoms with Crippen LogP contribution in [-0.4, -0.2) is 22.0 Å². The number of hydrogen-bond acceptors (Lipinski definition) is 3. The van der Waals surface area contributed by atoms with Gasteiger partial charge >= 0.3 is 5.97 Å². The Morgan fingerprint density at radius 1 is 1.15 bits per heavy atom. The predicted molar refractivity (Wildman–Crippen MR) is 69.9 cm³/mol. The Hall–Kier alpha value is -2.76. The minimum absolute atomic E-state index is 0.0733. The third-order valence-electron chi connectivity index (χ3n) is 2.56. The van der Waals surface area contributed by atoms with E-state index >= 15 is 0 Å². The van der Waals surface area contributed by atoms with Crippen LogP contribution in [0.5, 0.6) is 0 Å². The average molecular weight is 274 g/mol. The molecule has 1 aromatic heterocycles. The van der Waals surface area contributed by atoms with Crippen LogP contribution in [0.3, 0.4) is 0 Å². The second-order valence-corrected chi connectivity index (χ2v) is 4.09. The van der Waals surface area contributed by atoms with Crippen molar-refractivity contribution in [3.8, 4) is 0 Å². The van der Waals surface area contributed by atoms with E-state index in [1.54, 1.807) is 24.3 Å². The monoisotopic (exact) mass is 274 g/mol. The van der Waals surface area contributed by atoms with Crippen molar-refractivity contribution in [3.63, 3.8) is 0 Å². The van der Waals surface area contributed by atoms with Crippen LogP contribution in [0, 0.1) is 5.95 Å². The zero-order valence-corrected chi connectivity index (χ0v) is 10.3. The normalized spacial score (nSPS) is 10.1. The van der Waals surface area contributed by atoms with Gasteiger partial charge in [-0.05, 0) is 29.8 Å². The first-order valence-electron chi connectivity index (χ1n) is 5.78. The maximum Gasteiger partial charge on any atom is 0.307 e. The summed E-state index contributed by atoms with van der Waals surface area (Å²) in [5.41, 5.74) is 1.40. The van der Waals surface area contributed by atoms with Crippen LogP contribution in [0.2, 0.25) is 0 Å². The highest BCUT2D eigenvalue weighted by molar-refractivity contribution is 6.04. The third-order valence-corrected chi connectivity index (χ3v) is 2.56. The van der Waals surface area contributed by atoms with Gasteiger partial charge in [-0.25, -0.2) is 4.98 Å². The third kappa shape index (κ3) is 3.61. The lowest BCUT2D eigenvalue weighted by molar-refractivity contribution is -0.136. The fraction of sp³-hybridized carbons (Fsp3) is 0.0714. The molecule has 1 heterocycles. The van der Waals surface area contributed by atoms with Crippen molar-refractivity contribution in [2.24, 2.45) is 0 Å². The summed E-state index contributed by atoms with van der Waals surface area (Å²) in [4.78, 5) is 25.8. The highest BCUT2D eigenvalue weighted by Crippen LogP contribution is 2.12. The van der Waals surface area contributed by atoms with Gasteiger partial charge in [0.05, 0.1) is 12.0 Å². The summed E-state index contributed by atoms with van der Waals surface area (Å²) in [5, 5.41) is 11.3. The molecule has 0 saturated carbocycles. The molecule has 0 atom stereocenters. The number of benzene rings is 1. The molecule has 1 amide bonds. The Morgan fingerprint density at radius 2 is 1.85 bits per heavy atom. The smallest absolute Gasteiger partial charge is 0.307 e. The number of halogens is 1. The van der Waals surface area contributed by atoms with Crippen molar-refractivity contribution < 1.29 is 19.1 Å². The Morgan fingerprint density at radius 3 is 2.40 bits per heavy atom. The van der Waals surface area contributed by atoms with Crippen LogP contribution < -0.4 is 5.32 Å². The first-order chi connectivity index (χ1) is 9.54. The van der Waals surface area contributed by atoms with E-state index in [9.17, 15) is 14.0 Å². The van der Waals surface area contributed by atoms with E-state index in [2.05, 4.69) is 10.3 Å².